The first-order valence-corrected chi connectivity index (χ1v) is 15.7. The Balaban J connectivity index is 0.00000387. The number of hydrogen-bond acceptors (Lipinski definition) is 2. The number of rotatable bonds is 8. The van der Waals surface area contributed by atoms with Crippen molar-refractivity contribution < 1.29 is 31.1 Å². The summed E-state index contributed by atoms with van der Waals surface area (Å²) in [6.45, 7) is 18.1. The van der Waals surface area contributed by atoms with Crippen molar-refractivity contribution in [1.82, 2.24) is 19.9 Å². The van der Waals surface area contributed by atoms with Crippen LogP contribution in [0.2, 0.25) is 0 Å². The Bertz CT molecular complexity index is 1560. The van der Waals surface area contributed by atoms with Crippen LogP contribution in [0.5, 0.6) is 0 Å². The van der Waals surface area contributed by atoms with E-state index in [4.69, 9.17) is 9.97 Å². The average molecular weight is 773 g/mol. The van der Waals surface area contributed by atoms with Crippen LogP contribution in [-0.4, -0.2) is 19.9 Å². The molecule has 5 heteroatoms. The zero-order valence-electron chi connectivity index (χ0n) is 26.4. The van der Waals surface area contributed by atoms with Crippen LogP contribution in [0.4, 0.5) is 0 Å². The molecule has 5 heterocycles. The molecule has 8 bridgehead atoms. The van der Waals surface area contributed by atoms with Crippen LogP contribution in [0.15, 0.2) is 24.3 Å². The summed E-state index contributed by atoms with van der Waals surface area (Å²) in [6.07, 6.45) is 7.84. The maximum absolute atomic E-state index is 5.28. The molecule has 3 aromatic rings. The molecule has 2 N–H and O–H groups in total. The number of aromatic nitrogens is 4. The van der Waals surface area contributed by atoms with Crippen molar-refractivity contribution >= 4 is 44.4 Å². The molecule has 2 aliphatic rings. The van der Waals surface area contributed by atoms with Crippen molar-refractivity contribution in [2.75, 3.05) is 0 Å². The SMILES string of the molecule is CCC1=C(CC)c2cc3[nH]c(cc4[nH]c(cc5nc(cc1n2)C(CC)=C5CC)c(CC)c4CC)c(CC)c3CC.[U]. The minimum Gasteiger partial charge on any atom is -0.355 e. The van der Waals surface area contributed by atoms with Gasteiger partial charge in [0.15, 0.2) is 0 Å². The number of nitrogens with one attached hydrogen (secondary N) is 2. The van der Waals surface area contributed by atoms with E-state index in [9.17, 15) is 0 Å². The second kappa shape index (κ2) is 13.3. The van der Waals surface area contributed by atoms with E-state index in [1.54, 1.807) is 0 Å². The molecule has 0 atom stereocenters. The van der Waals surface area contributed by atoms with Gasteiger partial charge in [-0.1, -0.05) is 55.4 Å². The van der Waals surface area contributed by atoms with Gasteiger partial charge in [0, 0.05) is 53.2 Å². The van der Waals surface area contributed by atoms with E-state index < -0.39 is 0 Å². The van der Waals surface area contributed by atoms with Gasteiger partial charge in [0.2, 0.25) is 0 Å². The first-order chi connectivity index (χ1) is 19.5. The maximum atomic E-state index is 5.28. The molecule has 5 rings (SSSR count). The summed E-state index contributed by atoms with van der Waals surface area (Å²) in [5.41, 5.74) is 20.2. The van der Waals surface area contributed by atoms with E-state index in [1.165, 1.54) is 66.6 Å². The summed E-state index contributed by atoms with van der Waals surface area (Å²) in [5, 5.41) is 0. The van der Waals surface area contributed by atoms with E-state index in [-0.39, 0.29) is 31.1 Å². The number of allylic oxidation sites excluding steroid dienone is 4. The molecular weight excluding hydrogens is 726 g/mol. The molecule has 41 heavy (non-hydrogen) atoms. The van der Waals surface area contributed by atoms with Crippen LogP contribution in [0, 0.1) is 31.1 Å². The van der Waals surface area contributed by atoms with Crippen molar-refractivity contribution in [3.05, 3.63) is 69.3 Å². The van der Waals surface area contributed by atoms with Gasteiger partial charge in [0.25, 0.3) is 0 Å². The van der Waals surface area contributed by atoms with Gasteiger partial charge in [0.05, 0.1) is 22.8 Å². The molecule has 0 radical (unpaired) electrons. The molecule has 4 nitrogen and oxygen atoms in total. The average Bonchev–Trinajstić information content (AvgIpc) is 3.67. The number of H-pyrrole nitrogens is 2. The maximum Gasteiger partial charge on any atom is 0.0694 e. The summed E-state index contributed by atoms with van der Waals surface area (Å²) in [5.74, 6) is 0. The molecular formula is C36H46N4U. The number of fused-ring (bicyclic) bond motifs is 8. The third-order valence-electron chi connectivity index (χ3n) is 8.97. The van der Waals surface area contributed by atoms with E-state index in [2.05, 4.69) is 89.6 Å². The number of hydrogen-bond donors (Lipinski definition) is 2. The summed E-state index contributed by atoms with van der Waals surface area (Å²) in [4.78, 5) is 18.2. The fourth-order valence-corrected chi connectivity index (χ4v) is 7.10. The van der Waals surface area contributed by atoms with Gasteiger partial charge < -0.3 is 9.97 Å². The van der Waals surface area contributed by atoms with Gasteiger partial charge in [-0.2, -0.15) is 0 Å². The third-order valence-corrected chi connectivity index (χ3v) is 8.97. The molecule has 0 saturated heterocycles. The summed E-state index contributed by atoms with van der Waals surface area (Å²) in [6, 6.07) is 9.24. The minimum atomic E-state index is 0. The van der Waals surface area contributed by atoms with Crippen molar-refractivity contribution in [3.63, 3.8) is 0 Å². The van der Waals surface area contributed by atoms with Crippen molar-refractivity contribution in [1.29, 1.82) is 0 Å². The van der Waals surface area contributed by atoms with Crippen LogP contribution < -0.4 is 0 Å². The van der Waals surface area contributed by atoms with Gasteiger partial charge in [-0.25, -0.2) is 9.97 Å². The van der Waals surface area contributed by atoms with Crippen LogP contribution in [0.3, 0.4) is 0 Å². The Labute approximate surface area is 270 Å². The van der Waals surface area contributed by atoms with Crippen LogP contribution in [-0.2, 0) is 25.7 Å². The molecule has 3 aromatic heterocycles. The van der Waals surface area contributed by atoms with Crippen LogP contribution in [0.1, 0.15) is 126 Å². The van der Waals surface area contributed by atoms with E-state index in [1.807, 2.05) is 0 Å². The van der Waals surface area contributed by atoms with Gasteiger partial charge in [-0.3, -0.25) is 0 Å². The number of nitrogens with zero attached hydrogens (tertiary/aromatic N) is 2. The zero-order chi connectivity index (χ0) is 28.6. The Hall–Kier alpha value is -2.35. The summed E-state index contributed by atoms with van der Waals surface area (Å²) in [7, 11) is 0. The van der Waals surface area contributed by atoms with E-state index in [0.717, 1.165) is 74.1 Å². The Morgan fingerprint density at radius 3 is 0.927 bits per heavy atom. The first-order valence-electron chi connectivity index (χ1n) is 15.7. The standard InChI is InChI=1S/C36H46N4.U/c1-9-21-22(10-2)30-18-32-25(13-5)26(14-6)34(39-32)20-36-28(16-8)27(15-7)35(40-36)19-33-24(12-4)23(11-3)31(38-33)17-29(21)37-30;/h17-20,37-38H,9-16H2,1-8H3;. The van der Waals surface area contributed by atoms with E-state index >= 15 is 0 Å². The fourth-order valence-electron chi connectivity index (χ4n) is 7.10. The van der Waals surface area contributed by atoms with Gasteiger partial charge in [-0.05, 0) is 120 Å². The monoisotopic (exact) mass is 772 g/mol. The number of aromatic amines is 2. The van der Waals surface area contributed by atoms with Crippen molar-refractivity contribution in [3.8, 4) is 0 Å². The fraction of sp³-hybridized carbons (Fsp3) is 0.444. The first kappa shape index (κ1) is 31.6. The Kier molecular flexibility index (Phi) is 10.3. The molecule has 214 valence electrons. The Morgan fingerprint density at radius 1 is 0.390 bits per heavy atom. The molecule has 0 spiro atoms. The molecule has 0 amide bonds. The molecule has 0 saturated carbocycles. The van der Waals surface area contributed by atoms with Gasteiger partial charge in [-0.15, -0.1) is 0 Å². The van der Waals surface area contributed by atoms with Crippen molar-refractivity contribution in [2.45, 2.75) is 107 Å². The molecule has 0 aromatic carbocycles. The van der Waals surface area contributed by atoms with Crippen LogP contribution in [0.25, 0.3) is 44.4 Å². The second-order valence-corrected chi connectivity index (χ2v) is 10.9. The van der Waals surface area contributed by atoms with Crippen molar-refractivity contribution in [2.24, 2.45) is 0 Å². The molecule has 0 aliphatic carbocycles. The van der Waals surface area contributed by atoms with Gasteiger partial charge in [0.1, 0.15) is 0 Å². The van der Waals surface area contributed by atoms with Gasteiger partial charge >= 0.3 is 0 Å². The largest absolute Gasteiger partial charge is 0.355 e. The quantitative estimate of drug-likeness (QED) is 0.240. The van der Waals surface area contributed by atoms with E-state index in [0.29, 0.717) is 0 Å². The smallest absolute Gasteiger partial charge is 0.0694 e. The molecule has 0 fully saturated rings. The normalized spacial score (nSPS) is 13.3. The zero-order valence-corrected chi connectivity index (χ0v) is 30.5. The topological polar surface area (TPSA) is 57.4 Å². The predicted octanol–water partition coefficient (Wildman–Crippen LogP) is 10.0. The molecule has 0 unspecified atom stereocenters. The minimum absolute atomic E-state index is 0. The second-order valence-electron chi connectivity index (χ2n) is 10.9. The predicted molar refractivity (Wildman–Crippen MR) is 173 cm³/mol. The third kappa shape index (κ3) is 5.46. The molecule has 2 aliphatic heterocycles. The summed E-state index contributed by atoms with van der Waals surface area (Å²) >= 11 is 0. The summed E-state index contributed by atoms with van der Waals surface area (Å²) < 4.78 is 0. The number of aryl methyl sites for hydroxylation is 4. The Morgan fingerprint density at radius 2 is 0.659 bits per heavy atom. The van der Waals surface area contributed by atoms with Crippen LogP contribution >= 0.6 is 0 Å².